The number of anilines is 1. The van der Waals surface area contributed by atoms with Crippen molar-refractivity contribution in [1.82, 2.24) is 10.4 Å². The summed E-state index contributed by atoms with van der Waals surface area (Å²) in [6.45, 7) is 0. The van der Waals surface area contributed by atoms with Crippen molar-refractivity contribution in [2.24, 2.45) is 0 Å². The number of halogens is 2. The molecule has 0 saturated heterocycles. The molecule has 10 heteroatoms. The molecule has 1 heterocycles. The number of aromatic nitrogens is 1. The average molecular weight is 400 g/mol. The normalized spacial score (nSPS) is 11.4. The predicted octanol–water partition coefficient (Wildman–Crippen LogP) is 3.01. The number of fused-ring (bicyclic) bond motifs is 1. The fraction of sp³-hybridized carbons (Fsp3) is 0.0667. The monoisotopic (exact) mass is 399 g/mol. The Balaban J connectivity index is 1.64. The van der Waals surface area contributed by atoms with Crippen LogP contribution in [0.5, 0.6) is 0 Å². The smallest absolute Gasteiger partial charge is 0.253 e. The van der Waals surface area contributed by atoms with E-state index in [4.69, 9.17) is 11.6 Å². The zero-order valence-corrected chi connectivity index (χ0v) is 14.9. The second kappa shape index (κ2) is 6.95. The highest BCUT2D eigenvalue weighted by Crippen LogP contribution is 2.25. The third-order valence-corrected chi connectivity index (χ3v) is 5.97. The summed E-state index contributed by atoms with van der Waals surface area (Å²) in [5, 5.41) is 0.718. The molecule has 3 aromatic rings. The largest absolute Gasteiger partial charge is 0.273 e. The molecule has 2 aromatic carbocycles. The van der Waals surface area contributed by atoms with Gasteiger partial charge in [-0.25, -0.2) is 17.8 Å². The number of nitrogens with zero attached hydrogens (tertiary/aromatic N) is 1. The van der Waals surface area contributed by atoms with Crippen LogP contribution in [0.2, 0.25) is 5.02 Å². The van der Waals surface area contributed by atoms with Crippen molar-refractivity contribution in [1.29, 1.82) is 0 Å². The van der Waals surface area contributed by atoms with E-state index in [2.05, 4.69) is 15.8 Å². The number of sulfone groups is 1. The van der Waals surface area contributed by atoms with Crippen molar-refractivity contribution in [2.45, 2.75) is 4.90 Å². The summed E-state index contributed by atoms with van der Waals surface area (Å²) >= 11 is 6.84. The Morgan fingerprint density at radius 2 is 1.92 bits per heavy atom. The summed E-state index contributed by atoms with van der Waals surface area (Å²) in [5.74, 6) is -1.87. The van der Waals surface area contributed by atoms with E-state index in [0.29, 0.717) is 20.4 Å². The molecule has 25 heavy (non-hydrogen) atoms. The van der Waals surface area contributed by atoms with Crippen molar-refractivity contribution in [3.8, 4) is 0 Å². The number of amides is 1. The molecule has 0 unspecified atom stereocenters. The highest BCUT2D eigenvalue weighted by molar-refractivity contribution is 7.92. The van der Waals surface area contributed by atoms with E-state index >= 15 is 0 Å². The van der Waals surface area contributed by atoms with Crippen LogP contribution in [0, 0.1) is 5.82 Å². The van der Waals surface area contributed by atoms with E-state index in [1.807, 2.05) is 0 Å². The summed E-state index contributed by atoms with van der Waals surface area (Å²) in [4.78, 5) is 16.0. The van der Waals surface area contributed by atoms with Crippen molar-refractivity contribution in [2.75, 3.05) is 11.2 Å². The Hall–Kier alpha value is -2.23. The van der Waals surface area contributed by atoms with E-state index in [0.717, 1.165) is 11.3 Å². The number of hydrogen-bond acceptors (Lipinski definition) is 6. The maximum absolute atomic E-state index is 13.1. The Labute approximate surface area is 151 Å². The van der Waals surface area contributed by atoms with Crippen LogP contribution < -0.4 is 10.9 Å². The van der Waals surface area contributed by atoms with Crippen LogP contribution in [0.15, 0.2) is 47.4 Å². The molecule has 0 aliphatic carbocycles. The predicted molar refractivity (Wildman–Crippen MR) is 94.8 cm³/mol. The fourth-order valence-corrected chi connectivity index (χ4v) is 4.11. The molecule has 2 N–H and O–H groups in total. The highest BCUT2D eigenvalue weighted by atomic mass is 35.5. The van der Waals surface area contributed by atoms with Crippen LogP contribution >= 0.6 is 22.9 Å². The molecule has 0 aliphatic heterocycles. The average Bonchev–Trinajstić information content (AvgIpc) is 2.95. The van der Waals surface area contributed by atoms with Gasteiger partial charge >= 0.3 is 0 Å². The van der Waals surface area contributed by atoms with Crippen molar-refractivity contribution < 1.29 is 17.6 Å². The third kappa shape index (κ3) is 4.25. The molecule has 3 rings (SSSR count). The van der Waals surface area contributed by atoms with Crippen molar-refractivity contribution in [3.63, 3.8) is 0 Å². The quantitative estimate of drug-likeness (QED) is 0.644. The van der Waals surface area contributed by atoms with Crippen LogP contribution in [-0.2, 0) is 14.6 Å². The van der Waals surface area contributed by atoms with Gasteiger partial charge in [0.15, 0.2) is 9.84 Å². The first-order valence-corrected chi connectivity index (χ1v) is 9.77. The number of rotatable bonds is 5. The van der Waals surface area contributed by atoms with Gasteiger partial charge in [0, 0.05) is 5.02 Å². The minimum absolute atomic E-state index is 0.00233. The van der Waals surface area contributed by atoms with Gasteiger partial charge in [0.1, 0.15) is 11.6 Å². The summed E-state index contributed by atoms with van der Waals surface area (Å²) in [6, 6.07) is 9.66. The van der Waals surface area contributed by atoms with Crippen molar-refractivity contribution >= 4 is 54.0 Å². The number of nitrogens with one attached hydrogen (secondary N) is 2. The second-order valence-electron chi connectivity index (χ2n) is 5.02. The first-order chi connectivity index (χ1) is 11.8. The van der Waals surface area contributed by atoms with Crippen LogP contribution in [0.25, 0.3) is 10.2 Å². The minimum Gasteiger partial charge on any atom is -0.273 e. The topological polar surface area (TPSA) is 88.2 Å². The van der Waals surface area contributed by atoms with E-state index < -0.39 is 21.5 Å². The van der Waals surface area contributed by atoms with Gasteiger partial charge < -0.3 is 0 Å². The van der Waals surface area contributed by atoms with E-state index in [9.17, 15) is 17.6 Å². The Morgan fingerprint density at radius 3 is 2.64 bits per heavy atom. The molecule has 1 aromatic heterocycles. The lowest BCUT2D eigenvalue weighted by atomic mass is 10.3. The van der Waals surface area contributed by atoms with Gasteiger partial charge in [-0.15, -0.1) is 0 Å². The van der Waals surface area contributed by atoms with Gasteiger partial charge in [-0.1, -0.05) is 22.9 Å². The summed E-state index contributed by atoms with van der Waals surface area (Å²) in [7, 11) is -3.79. The van der Waals surface area contributed by atoms with Gasteiger partial charge in [0.05, 0.1) is 15.1 Å². The molecule has 0 aliphatic rings. The lowest BCUT2D eigenvalue weighted by Gasteiger charge is -2.06. The lowest BCUT2D eigenvalue weighted by Crippen LogP contribution is -2.34. The highest BCUT2D eigenvalue weighted by Gasteiger charge is 2.19. The summed E-state index contributed by atoms with van der Waals surface area (Å²) < 4.78 is 38.1. The van der Waals surface area contributed by atoms with Crippen LogP contribution in [0.1, 0.15) is 0 Å². The molecule has 0 fully saturated rings. The number of thiazole rings is 1. The van der Waals surface area contributed by atoms with Crippen LogP contribution in [0.3, 0.4) is 0 Å². The number of carbonyl (C=O) groups is 1. The summed E-state index contributed by atoms with van der Waals surface area (Å²) in [5.41, 5.74) is 5.37. The second-order valence-corrected chi connectivity index (χ2v) is 8.47. The zero-order chi connectivity index (χ0) is 18.0. The van der Waals surface area contributed by atoms with Gasteiger partial charge in [-0.3, -0.25) is 15.6 Å². The van der Waals surface area contributed by atoms with E-state index in [-0.39, 0.29) is 10.7 Å². The number of benzene rings is 2. The number of carbonyl (C=O) groups excluding carboxylic acids is 1. The Bertz CT molecular complexity index is 1040. The molecule has 0 bridgehead atoms. The Morgan fingerprint density at radius 1 is 1.20 bits per heavy atom. The summed E-state index contributed by atoms with van der Waals surface area (Å²) in [6.07, 6.45) is 0. The van der Waals surface area contributed by atoms with Gasteiger partial charge in [0.25, 0.3) is 5.91 Å². The molecule has 0 saturated carbocycles. The first kappa shape index (κ1) is 17.6. The Kier molecular flexibility index (Phi) is 4.89. The molecule has 0 radical (unpaired) electrons. The standard InChI is InChI=1S/C15H11ClFN3O3S2/c16-9-1-4-11(5-2-9)25(22,23)8-14(21)19-20-15-18-12-6-3-10(17)7-13(12)24-15/h1-7H,8H2,(H,18,20)(H,19,21). The molecular weight excluding hydrogens is 389 g/mol. The maximum Gasteiger partial charge on any atom is 0.253 e. The number of hydrogen-bond donors (Lipinski definition) is 2. The van der Waals surface area contributed by atoms with Gasteiger partial charge in [-0.2, -0.15) is 0 Å². The zero-order valence-electron chi connectivity index (χ0n) is 12.5. The first-order valence-electron chi connectivity index (χ1n) is 6.93. The SMILES string of the molecule is O=C(CS(=O)(=O)c1ccc(Cl)cc1)NNc1nc2ccc(F)cc2s1. The molecule has 0 atom stereocenters. The van der Waals surface area contributed by atoms with E-state index in [1.165, 1.54) is 42.5 Å². The molecular formula is C15H11ClFN3O3S2. The van der Waals surface area contributed by atoms with Crippen molar-refractivity contribution in [3.05, 3.63) is 53.3 Å². The van der Waals surface area contributed by atoms with Gasteiger partial charge in [-0.05, 0) is 42.5 Å². The van der Waals surface area contributed by atoms with Crippen LogP contribution in [0.4, 0.5) is 9.52 Å². The minimum atomic E-state index is -3.79. The lowest BCUT2D eigenvalue weighted by molar-refractivity contribution is -0.118. The molecule has 6 nitrogen and oxygen atoms in total. The molecule has 1 amide bonds. The fourth-order valence-electron chi connectivity index (χ4n) is 2.01. The van der Waals surface area contributed by atoms with Crippen LogP contribution in [-0.4, -0.2) is 25.1 Å². The van der Waals surface area contributed by atoms with E-state index in [1.54, 1.807) is 0 Å². The maximum atomic E-state index is 13.1. The van der Waals surface area contributed by atoms with Gasteiger partial charge in [0.2, 0.25) is 5.13 Å². The molecule has 130 valence electrons. The third-order valence-electron chi connectivity index (χ3n) is 3.15. The molecule has 0 spiro atoms. The number of hydrazine groups is 1.